The average Bonchev–Trinajstić information content (AvgIpc) is 3.27. The SMILES string of the molecule is O=C(CC1CC2CCC1C2)Nc1ccc(NC(=O)c2ccccn2)cc1. The molecule has 26 heavy (non-hydrogen) atoms. The normalized spacial score (nSPS) is 23.6. The zero-order chi connectivity index (χ0) is 17.9. The third-order valence-corrected chi connectivity index (χ3v) is 5.66. The summed E-state index contributed by atoms with van der Waals surface area (Å²) in [4.78, 5) is 28.4. The van der Waals surface area contributed by atoms with Gasteiger partial charge in [-0.05, 0) is 73.4 Å². The highest BCUT2D eigenvalue weighted by Crippen LogP contribution is 2.49. The second kappa shape index (κ2) is 7.28. The number of rotatable bonds is 5. The molecule has 2 amide bonds. The summed E-state index contributed by atoms with van der Waals surface area (Å²) in [6, 6.07) is 12.4. The minimum atomic E-state index is -0.251. The van der Waals surface area contributed by atoms with E-state index in [0.717, 1.165) is 17.5 Å². The molecule has 2 N–H and O–H groups in total. The second-order valence-corrected chi connectivity index (χ2v) is 7.43. The van der Waals surface area contributed by atoms with Crippen LogP contribution in [0.1, 0.15) is 42.6 Å². The molecule has 0 saturated heterocycles. The van der Waals surface area contributed by atoms with Gasteiger partial charge in [-0.15, -0.1) is 0 Å². The smallest absolute Gasteiger partial charge is 0.274 e. The molecule has 2 fully saturated rings. The number of anilines is 2. The molecule has 3 unspecified atom stereocenters. The maximum absolute atomic E-state index is 12.3. The van der Waals surface area contributed by atoms with Gasteiger partial charge < -0.3 is 10.6 Å². The number of fused-ring (bicyclic) bond motifs is 2. The number of carbonyl (C=O) groups excluding carboxylic acids is 2. The predicted octanol–water partition coefficient (Wildman–Crippen LogP) is 4.10. The van der Waals surface area contributed by atoms with E-state index in [4.69, 9.17) is 0 Å². The first-order valence-electron chi connectivity index (χ1n) is 9.29. The monoisotopic (exact) mass is 349 g/mol. The molecule has 1 heterocycles. The molecular weight excluding hydrogens is 326 g/mol. The number of hydrogen-bond acceptors (Lipinski definition) is 3. The van der Waals surface area contributed by atoms with Gasteiger partial charge in [-0.1, -0.05) is 12.5 Å². The third-order valence-electron chi connectivity index (χ3n) is 5.66. The Morgan fingerprint density at radius 1 is 0.962 bits per heavy atom. The molecule has 134 valence electrons. The van der Waals surface area contributed by atoms with Gasteiger partial charge in [0.25, 0.3) is 5.91 Å². The van der Waals surface area contributed by atoms with Crippen LogP contribution in [-0.4, -0.2) is 16.8 Å². The van der Waals surface area contributed by atoms with Gasteiger partial charge in [0.05, 0.1) is 0 Å². The van der Waals surface area contributed by atoms with E-state index in [1.165, 1.54) is 25.7 Å². The Morgan fingerprint density at radius 3 is 2.35 bits per heavy atom. The molecule has 2 aliphatic carbocycles. The summed E-state index contributed by atoms with van der Waals surface area (Å²) in [5.74, 6) is 2.02. The number of carbonyl (C=O) groups is 2. The topological polar surface area (TPSA) is 71.1 Å². The Kier molecular flexibility index (Phi) is 4.69. The molecule has 2 aromatic rings. The van der Waals surface area contributed by atoms with Crippen LogP contribution in [0.25, 0.3) is 0 Å². The van der Waals surface area contributed by atoms with Crippen molar-refractivity contribution in [3.8, 4) is 0 Å². The van der Waals surface area contributed by atoms with Crippen LogP contribution in [0.15, 0.2) is 48.7 Å². The molecule has 0 radical (unpaired) electrons. The molecule has 4 rings (SSSR count). The number of aromatic nitrogens is 1. The van der Waals surface area contributed by atoms with Crippen molar-refractivity contribution < 1.29 is 9.59 Å². The zero-order valence-corrected chi connectivity index (χ0v) is 14.7. The first kappa shape index (κ1) is 16.8. The van der Waals surface area contributed by atoms with E-state index in [9.17, 15) is 9.59 Å². The van der Waals surface area contributed by atoms with E-state index in [1.807, 2.05) is 12.1 Å². The lowest BCUT2D eigenvalue weighted by molar-refractivity contribution is -0.117. The molecular formula is C21H23N3O2. The first-order chi connectivity index (χ1) is 12.7. The van der Waals surface area contributed by atoms with Crippen LogP contribution in [0.3, 0.4) is 0 Å². The fraction of sp³-hybridized carbons (Fsp3) is 0.381. The van der Waals surface area contributed by atoms with Crippen molar-refractivity contribution in [1.29, 1.82) is 0 Å². The lowest BCUT2D eigenvalue weighted by Crippen LogP contribution is -2.20. The Hall–Kier alpha value is -2.69. The third kappa shape index (κ3) is 3.77. The highest BCUT2D eigenvalue weighted by Gasteiger charge is 2.40. The van der Waals surface area contributed by atoms with Crippen molar-refractivity contribution in [3.63, 3.8) is 0 Å². The summed E-state index contributed by atoms with van der Waals surface area (Å²) < 4.78 is 0. The van der Waals surface area contributed by atoms with Gasteiger partial charge in [-0.3, -0.25) is 14.6 Å². The van der Waals surface area contributed by atoms with Crippen LogP contribution in [0, 0.1) is 17.8 Å². The van der Waals surface area contributed by atoms with E-state index < -0.39 is 0 Å². The fourth-order valence-electron chi connectivity index (χ4n) is 4.41. The highest BCUT2D eigenvalue weighted by atomic mass is 16.2. The Balaban J connectivity index is 1.30. The largest absolute Gasteiger partial charge is 0.326 e. The number of nitrogens with one attached hydrogen (secondary N) is 2. The Morgan fingerprint density at radius 2 is 1.73 bits per heavy atom. The van der Waals surface area contributed by atoms with Gasteiger partial charge in [-0.2, -0.15) is 0 Å². The van der Waals surface area contributed by atoms with E-state index in [2.05, 4.69) is 15.6 Å². The van der Waals surface area contributed by atoms with E-state index >= 15 is 0 Å². The summed E-state index contributed by atoms with van der Waals surface area (Å²) in [6.07, 6.45) is 7.41. The van der Waals surface area contributed by atoms with Gasteiger partial charge in [0.2, 0.25) is 5.91 Å². The van der Waals surface area contributed by atoms with Crippen molar-refractivity contribution >= 4 is 23.2 Å². The van der Waals surface area contributed by atoms with Crippen molar-refractivity contribution in [2.45, 2.75) is 32.1 Å². The Labute approximate surface area is 153 Å². The van der Waals surface area contributed by atoms with Gasteiger partial charge in [0.15, 0.2) is 0 Å². The molecule has 2 aliphatic rings. The van der Waals surface area contributed by atoms with Crippen LogP contribution in [0.4, 0.5) is 11.4 Å². The van der Waals surface area contributed by atoms with Gasteiger partial charge >= 0.3 is 0 Å². The van der Waals surface area contributed by atoms with Crippen LogP contribution in [0.2, 0.25) is 0 Å². The molecule has 2 saturated carbocycles. The van der Waals surface area contributed by atoms with Crippen molar-refractivity contribution in [3.05, 3.63) is 54.4 Å². The van der Waals surface area contributed by atoms with Crippen LogP contribution >= 0.6 is 0 Å². The molecule has 5 heteroatoms. The van der Waals surface area contributed by atoms with Crippen LogP contribution in [-0.2, 0) is 4.79 Å². The average molecular weight is 349 g/mol. The summed E-state index contributed by atoms with van der Waals surface area (Å²) >= 11 is 0. The lowest BCUT2D eigenvalue weighted by atomic mass is 9.86. The van der Waals surface area contributed by atoms with E-state index in [0.29, 0.717) is 23.7 Å². The number of pyridine rings is 1. The highest BCUT2D eigenvalue weighted by molar-refractivity contribution is 6.03. The molecule has 2 bridgehead atoms. The summed E-state index contributed by atoms with van der Waals surface area (Å²) in [5, 5.41) is 5.78. The molecule has 0 aliphatic heterocycles. The number of amides is 2. The summed E-state index contributed by atoms with van der Waals surface area (Å²) in [7, 11) is 0. The van der Waals surface area contributed by atoms with Gasteiger partial charge in [0, 0.05) is 24.0 Å². The summed E-state index contributed by atoms with van der Waals surface area (Å²) in [6.45, 7) is 0. The molecule has 1 aromatic heterocycles. The fourth-order valence-corrected chi connectivity index (χ4v) is 4.41. The van der Waals surface area contributed by atoms with Crippen LogP contribution in [0.5, 0.6) is 0 Å². The summed E-state index contributed by atoms with van der Waals surface area (Å²) in [5.41, 5.74) is 1.80. The number of nitrogens with zero attached hydrogens (tertiary/aromatic N) is 1. The van der Waals surface area contributed by atoms with Crippen LogP contribution < -0.4 is 10.6 Å². The maximum Gasteiger partial charge on any atom is 0.274 e. The predicted molar refractivity (Wildman–Crippen MR) is 101 cm³/mol. The maximum atomic E-state index is 12.3. The van der Waals surface area contributed by atoms with Gasteiger partial charge in [-0.25, -0.2) is 0 Å². The van der Waals surface area contributed by atoms with E-state index in [-0.39, 0.29) is 11.8 Å². The number of hydrogen-bond donors (Lipinski definition) is 2. The number of benzene rings is 1. The van der Waals surface area contributed by atoms with Gasteiger partial charge in [0.1, 0.15) is 5.69 Å². The minimum absolute atomic E-state index is 0.0906. The quantitative estimate of drug-likeness (QED) is 0.854. The standard InChI is InChI=1S/C21H23N3O2/c25-20(13-16-12-14-4-5-15(16)11-14)23-17-6-8-18(9-7-17)24-21(26)19-3-1-2-10-22-19/h1-3,6-10,14-16H,4-5,11-13H2,(H,23,25)(H,24,26). The second-order valence-electron chi connectivity index (χ2n) is 7.43. The zero-order valence-electron chi connectivity index (χ0n) is 14.7. The molecule has 3 atom stereocenters. The minimum Gasteiger partial charge on any atom is -0.326 e. The van der Waals surface area contributed by atoms with E-state index in [1.54, 1.807) is 36.5 Å². The van der Waals surface area contributed by atoms with Crippen molar-refractivity contribution in [1.82, 2.24) is 4.98 Å². The first-order valence-corrected chi connectivity index (χ1v) is 9.29. The van der Waals surface area contributed by atoms with Crippen molar-refractivity contribution in [2.75, 3.05) is 10.6 Å². The molecule has 1 aromatic carbocycles. The Bertz CT molecular complexity index is 789. The van der Waals surface area contributed by atoms with Crippen molar-refractivity contribution in [2.24, 2.45) is 17.8 Å². The molecule has 0 spiro atoms. The lowest BCUT2D eigenvalue weighted by Gasteiger charge is -2.20. The molecule has 5 nitrogen and oxygen atoms in total.